The number of carbonyl (C=O) groups excluding carboxylic acids is 1. The van der Waals surface area contributed by atoms with Crippen LogP contribution in [0.15, 0.2) is 0 Å². The molecule has 1 saturated heterocycles. The van der Waals surface area contributed by atoms with Gasteiger partial charge in [0.1, 0.15) is 12.7 Å². The number of carbonyl (C=O) groups is 1. The molecule has 5 rings (SSSR count). The highest BCUT2D eigenvalue weighted by molar-refractivity contribution is 5.66. The fraction of sp³-hybridized carbons (Fsp3) is 0.960. The molecular weight excluding hydrogens is 396 g/mol. The second-order valence-electron chi connectivity index (χ2n) is 11.5. The van der Waals surface area contributed by atoms with Gasteiger partial charge in [0.05, 0.1) is 6.10 Å². The van der Waals surface area contributed by atoms with Gasteiger partial charge in [0, 0.05) is 26.6 Å². The SMILES string of the molecule is COC(CO)(OC)[C@@]12O[C@@H]1C[C@H]1[C@@H]3CC[C@H]4C[C@@H](OC(C)=O)CC[C@]4(C)[C@H]3CC[C@@]12C. The van der Waals surface area contributed by atoms with E-state index in [9.17, 15) is 9.90 Å². The molecule has 0 unspecified atom stereocenters. The Morgan fingerprint density at radius 2 is 1.81 bits per heavy atom. The topological polar surface area (TPSA) is 77.5 Å². The second kappa shape index (κ2) is 7.15. The van der Waals surface area contributed by atoms with Crippen LogP contribution in [0.3, 0.4) is 0 Å². The number of epoxide rings is 1. The molecule has 0 aromatic heterocycles. The summed E-state index contributed by atoms with van der Waals surface area (Å²) in [4.78, 5) is 11.5. The van der Waals surface area contributed by atoms with E-state index in [-0.39, 0.29) is 30.2 Å². The molecule has 5 aliphatic rings. The Kier molecular flexibility index (Phi) is 5.10. The summed E-state index contributed by atoms with van der Waals surface area (Å²) in [5.74, 6) is 1.39. The van der Waals surface area contributed by atoms with Gasteiger partial charge in [-0.15, -0.1) is 0 Å². The first-order chi connectivity index (χ1) is 14.7. The standard InChI is InChI=1S/C25H40O6/c1-15(27)30-17-8-10-22(2)16(12-17)6-7-18-19(22)9-11-23(3)20(18)13-21-25(23,31-21)24(14-26,28-4)29-5/h16-21,26H,6-14H2,1-5H3/t16-,17-,18+,19-,20-,21+,22-,23-,25+/m0/s1. The zero-order valence-corrected chi connectivity index (χ0v) is 19.8. The van der Waals surface area contributed by atoms with Crippen LogP contribution in [0.25, 0.3) is 0 Å². The first-order valence-corrected chi connectivity index (χ1v) is 12.3. The number of ether oxygens (including phenoxy) is 4. The van der Waals surface area contributed by atoms with Crippen LogP contribution in [0.5, 0.6) is 0 Å². The van der Waals surface area contributed by atoms with E-state index in [0.717, 1.165) is 32.1 Å². The Morgan fingerprint density at radius 3 is 2.45 bits per heavy atom. The van der Waals surface area contributed by atoms with Gasteiger partial charge in [0.2, 0.25) is 5.79 Å². The number of rotatable bonds is 5. The van der Waals surface area contributed by atoms with E-state index >= 15 is 0 Å². The predicted octanol–water partition coefficient (Wildman–Crippen LogP) is 3.69. The molecule has 0 bridgehead atoms. The quantitative estimate of drug-likeness (QED) is 0.402. The second-order valence-corrected chi connectivity index (χ2v) is 11.5. The maximum absolute atomic E-state index is 11.5. The molecule has 31 heavy (non-hydrogen) atoms. The molecule has 5 fully saturated rings. The minimum atomic E-state index is -1.09. The normalized spacial score (nSPS) is 50.6. The van der Waals surface area contributed by atoms with Crippen LogP contribution in [0.2, 0.25) is 0 Å². The lowest BCUT2D eigenvalue weighted by Crippen LogP contribution is -2.63. The summed E-state index contributed by atoms with van der Waals surface area (Å²) in [6, 6.07) is 0. The van der Waals surface area contributed by atoms with Crippen molar-refractivity contribution in [3.8, 4) is 0 Å². The third-order valence-corrected chi connectivity index (χ3v) is 10.8. The van der Waals surface area contributed by atoms with Gasteiger partial charge in [0.25, 0.3) is 0 Å². The minimum absolute atomic E-state index is 0.0499. The Bertz CT molecular complexity index is 727. The Labute approximate surface area is 186 Å². The molecule has 0 spiro atoms. The van der Waals surface area contributed by atoms with Crippen molar-refractivity contribution in [2.75, 3.05) is 20.8 Å². The lowest BCUT2D eigenvalue weighted by Gasteiger charge is -2.62. The average molecular weight is 437 g/mol. The molecule has 176 valence electrons. The first-order valence-electron chi connectivity index (χ1n) is 12.3. The van der Waals surface area contributed by atoms with Crippen molar-refractivity contribution in [3.05, 3.63) is 0 Å². The van der Waals surface area contributed by atoms with E-state index in [1.807, 2.05) is 0 Å². The summed E-state index contributed by atoms with van der Waals surface area (Å²) >= 11 is 0. The van der Waals surface area contributed by atoms with Crippen LogP contribution in [-0.2, 0) is 23.7 Å². The van der Waals surface area contributed by atoms with E-state index < -0.39 is 11.4 Å². The number of methoxy groups -OCH3 is 2. The van der Waals surface area contributed by atoms with Crippen molar-refractivity contribution in [1.29, 1.82) is 0 Å². The van der Waals surface area contributed by atoms with Gasteiger partial charge in [-0.25, -0.2) is 0 Å². The molecule has 0 aromatic rings. The number of esters is 1. The largest absolute Gasteiger partial charge is 0.463 e. The Hall–Kier alpha value is -0.690. The van der Waals surface area contributed by atoms with Crippen molar-refractivity contribution in [3.63, 3.8) is 0 Å². The maximum atomic E-state index is 11.5. The lowest BCUT2D eigenvalue weighted by atomic mass is 9.44. The maximum Gasteiger partial charge on any atom is 0.302 e. The third-order valence-electron chi connectivity index (χ3n) is 10.8. The van der Waals surface area contributed by atoms with E-state index in [0.29, 0.717) is 29.1 Å². The average Bonchev–Trinajstić information content (AvgIpc) is 3.42. The predicted molar refractivity (Wildman–Crippen MR) is 114 cm³/mol. The third kappa shape index (κ3) is 2.68. The Morgan fingerprint density at radius 1 is 1.06 bits per heavy atom. The molecule has 6 heteroatoms. The smallest absolute Gasteiger partial charge is 0.302 e. The van der Waals surface area contributed by atoms with E-state index in [1.165, 1.54) is 26.2 Å². The van der Waals surface area contributed by atoms with Gasteiger partial charge in [-0.3, -0.25) is 4.79 Å². The summed E-state index contributed by atoms with van der Waals surface area (Å²) in [5.41, 5.74) is -0.261. The summed E-state index contributed by atoms with van der Waals surface area (Å²) in [5, 5.41) is 10.3. The number of aliphatic hydroxyl groups excluding tert-OH is 1. The number of aliphatic hydroxyl groups is 1. The van der Waals surface area contributed by atoms with Crippen molar-refractivity contribution in [1.82, 2.24) is 0 Å². The molecule has 0 amide bonds. The molecule has 1 aliphatic heterocycles. The van der Waals surface area contributed by atoms with Gasteiger partial charge >= 0.3 is 5.97 Å². The Balaban J connectivity index is 1.40. The summed E-state index contributed by atoms with van der Waals surface area (Å²) < 4.78 is 23.6. The molecule has 0 radical (unpaired) electrons. The summed E-state index contributed by atoms with van der Waals surface area (Å²) in [6.45, 7) is 6.23. The molecule has 0 aromatic carbocycles. The van der Waals surface area contributed by atoms with Gasteiger partial charge in [-0.1, -0.05) is 13.8 Å². The molecular formula is C25H40O6. The van der Waals surface area contributed by atoms with Gasteiger partial charge in [0.15, 0.2) is 5.60 Å². The molecule has 4 saturated carbocycles. The van der Waals surface area contributed by atoms with Crippen molar-refractivity contribution >= 4 is 5.97 Å². The number of fused-ring (bicyclic) bond motifs is 7. The van der Waals surface area contributed by atoms with E-state index in [4.69, 9.17) is 18.9 Å². The molecule has 6 nitrogen and oxygen atoms in total. The number of hydrogen-bond acceptors (Lipinski definition) is 6. The fourth-order valence-electron chi connectivity index (χ4n) is 9.32. The highest BCUT2D eigenvalue weighted by atomic mass is 16.8. The highest BCUT2D eigenvalue weighted by Crippen LogP contribution is 2.76. The van der Waals surface area contributed by atoms with Crippen LogP contribution in [0.4, 0.5) is 0 Å². The summed E-state index contributed by atoms with van der Waals surface area (Å²) in [7, 11) is 3.26. The monoisotopic (exact) mass is 436 g/mol. The molecule has 9 atom stereocenters. The molecule has 1 N–H and O–H groups in total. The van der Waals surface area contributed by atoms with Crippen LogP contribution >= 0.6 is 0 Å². The van der Waals surface area contributed by atoms with Crippen LogP contribution in [0, 0.1) is 34.5 Å². The lowest BCUT2D eigenvalue weighted by molar-refractivity contribution is -0.293. The number of hydrogen-bond donors (Lipinski definition) is 1. The van der Waals surface area contributed by atoms with Crippen LogP contribution in [0.1, 0.15) is 72.1 Å². The molecule has 4 aliphatic carbocycles. The highest BCUT2D eigenvalue weighted by Gasteiger charge is 2.84. The van der Waals surface area contributed by atoms with Gasteiger partial charge in [-0.2, -0.15) is 0 Å². The first kappa shape index (κ1) is 22.1. The van der Waals surface area contributed by atoms with Crippen LogP contribution in [-0.4, -0.2) is 55.5 Å². The van der Waals surface area contributed by atoms with E-state index in [1.54, 1.807) is 14.2 Å². The minimum Gasteiger partial charge on any atom is -0.463 e. The zero-order chi connectivity index (χ0) is 22.2. The van der Waals surface area contributed by atoms with Crippen molar-refractivity contribution in [2.24, 2.45) is 34.5 Å². The summed E-state index contributed by atoms with van der Waals surface area (Å²) in [6.07, 6.45) is 9.17. The van der Waals surface area contributed by atoms with E-state index in [2.05, 4.69) is 13.8 Å². The van der Waals surface area contributed by atoms with Gasteiger partial charge < -0.3 is 24.1 Å². The fourth-order valence-corrected chi connectivity index (χ4v) is 9.32. The van der Waals surface area contributed by atoms with Crippen LogP contribution < -0.4 is 0 Å². The molecule has 1 heterocycles. The zero-order valence-electron chi connectivity index (χ0n) is 19.8. The van der Waals surface area contributed by atoms with Crippen molar-refractivity contribution < 1.29 is 28.8 Å². The van der Waals surface area contributed by atoms with Crippen molar-refractivity contribution in [2.45, 2.75) is 95.7 Å². The van der Waals surface area contributed by atoms with Gasteiger partial charge in [-0.05, 0) is 80.5 Å².